The summed E-state index contributed by atoms with van der Waals surface area (Å²) in [5.41, 5.74) is 1.49. The molecule has 1 aliphatic rings. The molecular formula is C17H21FN4O2. The maximum Gasteiger partial charge on any atom is 0.315 e. The van der Waals surface area contributed by atoms with E-state index in [1.165, 1.54) is 12.1 Å². The van der Waals surface area contributed by atoms with E-state index in [1.807, 2.05) is 13.0 Å². The van der Waals surface area contributed by atoms with Crippen LogP contribution in [-0.4, -0.2) is 35.1 Å². The maximum atomic E-state index is 12.9. The third-order valence-corrected chi connectivity index (χ3v) is 4.20. The second-order valence-electron chi connectivity index (χ2n) is 5.97. The quantitative estimate of drug-likeness (QED) is 0.882. The van der Waals surface area contributed by atoms with Gasteiger partial charge < -0.3 is 15.4 Å². The molecule has 0 saturated carbocycles. The molecule has 1 aromatic heterocycles. The Morgan fingerprint density at radius 2 is 2.21 bits per heavy atom. The minimum Gasteiger partial charge on any atom is -0.381 e. The molecule has 0 unspecified atom stereocenters. The number of rotatable bonds is 5. The van der Waals surface area contributed by atoms with Crippen LogP contribution in [0.5, 0.6) is 0 Å². The standard InChI is InChI=1S/C17H21FN4O2/c1-12(13-7-9-24-11-13)20-17(23)19-10-15-6-8-22(21-15)16-4-2-14(18)3-5-16/h2-6,8,12-13H,7,9-11H2,1H3,(H2,19,20,23)/t12-,13+/m0/s1. The Morgan fingerprint density at radius 1 is 1.42 bits per heavy atom. The average molecular weight is 332 g/mol. The third-order valence-electron chi connectivity index (χ3n) is 4.20. The van der Waals surface area contributed by atoms with E-state index in [1.54, 1.807) is 23.0 Å². The molecule has 2 heterocycles. The summed E-state index contributed by atoms with van der Waals surface area (Å²) in [5.74, 6) is 0.0830. The first-order chi connectivity index (χ1) is 11.6. The van der Waals surface area contributed by atoms with Gasteiger partial charge in [-0.3, -0.25) is 0 Å². The summed E-state index contributed by atoms with van der Waals surface area (Å²) in [6, 6.07) is 7.75. The summed E-state index contributed by atoms with van der Waals surface area (Å²) in [5, 5.41) is 10.1. The number of halogens is 1. The van der Waals surface area contributed by atoms with E-state index >= 15 is 0 Å². The zero-order valence-corrected chi connectivity index (χ0v) is 13.5. The van der Waals surface area contributed by atoms with E-state index in [4.69, 9.17) is 4.74 Å². The molecule has 3 rings (SSSR count). The van der Waals surface area contributed by atoms with Crippen LogP contribution >= 0.6 is 0 Å². The zero-order valence-electron chi connectivity index (χ0n) is 13.5. The highest BCUT2D eigenvalue weighted by molar-refractivity contribution is 5.74. The molecule has 2 amide bonds. The molecule has 0 bridgehead atoms. The molecule has 1 saturated heterocycles. The second-order valence-corrected chi connectivity index (χ2v) is 5.97. The molecule has 1 aromatic carbocycles. The Bertz CT molecular complexity index is 680. The van der Waals surface area contributed by atoms with Crippen molar-refractivity contribution in [1.29, 1.82) is 0 Å². The number of hydrogen-bond donors (Lipinski definition) is 2. The number of carbonyl (C=O) groups is 1. The van der Waals surface area contributed by atoms with Crippen molar-refractivity contribution in [3.05, 3.63) is 48.0 Å². The van der Waals surface area contributed by atoms with Gasteiger partial charge in [0, 0.05) is 24.8 Å². The summed E-state index contributed by atoms with van der Waals surface area (Å²) in [4.78, 5) is 12.0. The van der Waals surface area contributed by atoms with Crippen LogP contribution in [0.1, 0.15) is 19.0 Å². The van der Waals surface area contributed by atoms with Gasteiger partial charge in [0.25, 0.3) is 0 Å². The Kier molecular flexibility index (Phi) is 5.10. The molecule has 128 valence electrons. The minimum atomic E-state index is -0.286. The summed E-state index contributed by atoms with van der Waals surface area (Å²) in [6.07, 6.45) is 2.75. The van der Waals surface area contributed by atoms with E-state index in [9.17, 15) is 9.18 Å². The van der Waals surface area contributed by atoms with Gasteiger partial charge in [-0.15, -0.1) is 0 Å². The molecule has 0 radical (unpaired) electrons. The summed E-state index contributed by atoms with van der Waals surface area (Å²) < 4.78 is 19.9. The lowest BCUT2D eigenvalue weighted by molar-refractivity contribution is 0.178. The van der Waals surface area contributed by atoms with Crippen molar-refractivity contribution in [2.24, 2.45) is 5.92 Å². The Hall–Kier alpha value is -2.41. The van der Waals surface area contributed by atoms with Crippen LogP contribution in [0.2, 0.25) is 0 Å². The second kappa shape index (κ2) is 7.44. The van der Waals surface area contributed by atoms with E-state index < -0.39 is 0 Å². The van der Waals surface area contributed by atoms with Crippen molar-refractivity contribution < 1.29 is 13.9 Å². The molecule has 7 heteroatoms. The molecule has 6 nitrogen and oxygen atoms in total. The highest BCUT2D eigenvalue weighted by Gasteiger charge is 2.23. The largest absolute Gasteiger partial charge is 0.381 e. The number of benzene rings is 1. The molecule has 2 aromatic rings. The van der Waals surface area contributed by atoms with Gasteiger partial charge in [-0.25, -0.2) is 13.9 Å². The topological polar surface area (TPSA) is 68.2 Å². The van der Waals surface area contributed by atoms with Gasteiger partial charge in [-0.1, -0.05) is 0 Å². The molecular weight excluding hydrogens is 311 g/mol. The first-order valence-corrected chi connectivity index (χ1v) is 8.04. The third kappa shape index (κ3) is 4.11. The summed E-state index contributed by atoms with van der Waals surface area (Å²) >= 11 is 0. The lowest BCUT2D eigenvalue weighted by Gasteiger charge is -2.19. The molecule has 24 heavy (non-hydrogen) atoms. The van der Waals surface area contributed by atoms with Gasteiger partial charge in [-0.05, 0) is 43.7 Å². The fourth-order valence-corrected chi connectivity index (χ4v) is 2.69. The van der Waals surface area contributed by atoms with Crippen LogP contribution in [0.4, 0.5) is 9.18 Å². The van der Waals surface area contributed by atoms with E-state index in [2.05, 4.69) is 15.7 Å². The van der Waals surface area contributed by atoms with Gasteiger partial charge >= 0.3 is 6.03 Å². The number of nitrogens with zero attached hydrogens (tertiary/aromatic N) is 2. The fourth-order valence-electron chi connectivity index (χ4n) is 2.69. The van der Waals surface area contributed by atoms with Crippen molar-refractivity contribution in [3.63, 3.8) is 0 Å². The Balaban J connectivity index is 1.49. The van der Waals surface area contributed by atoms with E-state index in [0.717, 1.165) is 24.4 Å². The minimum absolute atomic E-state index is 0.0734. The molecule has 0 spiro atoms. The lowest BCUT2D eigenvalue weighted by atomic mass is 10.0. The average Bonchev–Trinajstić information content (AvgIpc) is 3.25. The number of hydrogen-bond acceptors (Lipinski definition) is 3. The van der Waals surface area contributed by atoms with Crippen molar-refractivity contribution in [1.82, 2.24) is 20.4 Å². The maximum absolute atomic E-state index is 12.9. The van der Waals surface area contributed by atoms with Crippen LogP contribution in [0.3, 0.4) is 0 Å². The number of carbonyl (C=O) groups excluding carboxylic acids is 1. The first-order valence-electron chi connectivity index (χ1n) is 8.04. The molecule has 1 fully saturated rings. The Labute approximate surface area is 140 Å². The van der Waals surface area contributed by atoms with Crippen molar-refractivity contribution in [2.75, 3.05) is 13.2 Å². The predicted octanol–water partition coefficient (Wildman–Crippen LogP) is 2.24. The van der Waals surface area contributed by atoms with Crippen LogP contribution in [0, 0.1) is 11.7 Å². The molecule has 1 aliphatic heterocycles. The van der Waals surface area contributed by atoms with Crippen molar-refractivity contribution in [3.8, 4) is 5.69 Å². The van der Waals surface area contributed by atoms with Crippen LogP contribution in [-0.2, 0) is 11.3 Å². The van der Waals surface area contributed by atoms with Gasteiger partial charge in [0.15, 0.2) is 0 Å². The SMILES string of the molecule is C[C@H](NC(=O)NCc1ccn(-c2ccc(F)cc2)n1)[C@@H]1CCOC1. The molecule has 2 atom stereocenters. The van der Waals surface area contributed by atoms with Gasteiger partial charge in [0.2, 0.25) is 0 Å². The van der Waals surface area contributed by atoms with Crippen molar-refractivity contribution >= 4 is 6.03 Å². The smallest absolute Gasteiger partial charge is 0.315 e. The monoisotopic (exact) mass is 332 g/mol. The number of aromatic nitrogens is 2. The van der Waals surface area contributed by atoms with Crippen LogP contribution in [0.15, 0.2) is 36.5 Å². The van der Waals surface area contributed by atoms with Gasteiger partial charge in [0.05, 0.1) is 24.5 Å². The normalized spacial score (nSPS) is 18.3. The predicted molar refractivity (Wildman–Crippen MR) is 87.3 cm³/mol. The summed E-state index contributed by atoms with van der Waals surface area (Å²) in [7, 11) is 0. The van der Waals surface area contributed by atoms with Crippen LogP contribution in [0.25, 0.3) is 5.69 Å². The first kappa shape index (κ1) is 16.4. The number of urea groups is 1. The molecule has 0 aliphatic carbocycles. The molecule has 2 N–H and O–H groups in total. The van der Waals surface area contributed by atoms with Gasteiger partial charge in [0.1, 0.15) is 5.82 Å². The lowest BCUT2D eigenvalue weighted by Crippen LogP contribution is -2.44. The van der Waals surface area contributed by atoms with Crippen LogP contribution < -0.4 is 10.6 Å². The highest BCUT2D eigenvalue weighted by atomic mass is 19.1. The fraction of sp³-hybridized carbons (Fsp3) is 0.412. The number of amides is 2. The van der Waals surface area contributed by atoms with E-state index in [-0.39, 0.29) is 17.9 Å². The number of ether oxygens (including phenoxy) is 1. The van der Waals surface area contributed by atoms with E-state index in [0.29, 0.717) is 19.1 Å². The summed E-state index contributed by atoms with van der Waals surface area (Å²) in [6.45, 7) is 3.78. The number of nitrogens with one attached hydrogen (secondary N) is 2. The van der Waals surface area contributed by atoms with Gasteiger partial charge in [-0.2, -0.15) is 5.10 Å². The van der Waals surface area contributed by atoms with Crippen molar-refractivity contribution in [2.45, 2.75) is 25.9 Å². The zero-order chi connectivity index (χ0) is 16.9. The Morgan fingerprint density at radius 3 is 2.92 bits per heavy atom. The highest BCUT2D eigenvalue weighted by Crippen LogP contribution is 2.16.